The van der Waals surface area contributed by atoms with Gasteiger partial charge in [-0.2, -0.15) is 0 Å². The molecule has 2 aromatic carbocycles. The lowest BCUT2D eigenvalue weighted by atomic mass is 10.1. The minimum atomic E-state index is -0.946. The van der Waals surface area contributed by atoms with Crippen molar-refractivity contribution in [2.75, 3.05) is 5.32 Å². The first-order valence-electron chi connectivity index (χ1n) is 5.26. The second-order valence-electron chi connectivity index (χ2n) is 3.84. The molecule has 0 heterocycles. The molecule has 0 saturated carbocycles. The molecule has 4 heteroatoms. The lowest BCUT2D eigenvalue weighted by Gasteiger charge is -2.13. The average Bonchev–Trinajstić information content (AvgIpc) is 2.33. The molecule has 0 radical (unpaired) electrons. The maximum Gasteiger partial charge on any atom is 0.325 e. The highest BCUT2D eigenvalue weighted by Crippen LogP contribution is 2.26. The van der Waals surface area contributed by atoms with Gasteiger partial charge >= 0.3 is 5.97 Å². The second kappa shape index (κ2) is 4.41. The molecule has 0 spiro atoms. The van der Waals surface area contributed by atoms with E-state index < -0.39 is 12.0 Å². The van der Waals surface area contributed by atoms with Crippen molar-refractivity contribution in [1.82, 2.24) is 0 Å². The number of hydrogen-bond donors (Lipinski definition) is 2. The van der Waals surface area contributed by atoms with Crippen molar-refractivity contribution in [2.24, 2.45) is 0 Å². The SMILES string of the molecule is CC(Nc1ccc(F)c2ccccc12)C(=O)O. The molecule has 88 valence electrons. The Labute approximate surface area is 97.9 Å². The number of hydrogen-bond acceptors (Lipinski definition) is 2. The summed E-state index contributed by atoms with van der Waals surface area (Å²) in [6, 6.07) is 9.13. The van der Waals surface area contributed by atoms with Crippen LogP contribution in [0, 0.1) is 5.82 Å². The summed E-state index contributed by atoms with van der Waals surface area (Å²) in [5.41, 5.74) is 0.622. The number of carbonyl (C=O) groups is 1. The number of carboxylic acids is 1. The molecule has 0 aliphatic rings. The highest BCUT2D eigenvalue weighted by atomic mass is 19.1. The van der Waals surface area contributed by atoms with Crippen LogP contribution >= 0.6 is 0 Å². The second-order valence-corrected chi connectivity index (χ2v) is 3.84. The molecular formula is C13H12FNO2. The standard InChI is InChI=1S/C13H12FNO2/c1-8(13(16)17)15-12-7-6-11(14)9-4-2-3-5-10(9)12/h2-8,15H,1H3,(H,16,17). The molecule has 0 aliphatic carbocycles. The van der Waals surface area contributed by atoms with Crippen molar-refractivity contribution >= 4 is 22.4 Å². The van der Waals surface area contributed by atoms with Gasteiger partial charge in [0, 0.05) is 16.5 Å². The summed E-state index contributed by atoms with van der Waals surface area (Å²) in [5, 5.41) is 12.8. The number of halogens is 1. The third-order valence-corrected chi connectivity index (χ3v) is 2.61. The number of fused-ring (bicyclic) bond motifs is 1. The molecule has 0 saturated heterocycles. The van der Waals surface area contributed by atoms with E-state index in [4.69, 9.17) is 5.11 Å². The summed E-state index contributed by atoms with van der Waals surface area (Å²) >= 11 is 0. The predicted molar refractivity (Wildman–Crippen MR) is 64.6 cm³/mol. The smallest absolute Gasteiger partial charge is 0.325 e. The summed E-state index contributed by atoms with van der Waals surface area (Å²) < 4.78 is 13.5. The van der Waals surface area contributed by atoms with Crippen LogP contribution in [-0.2, 0) is 4.79 Å². The van der Waals surface area contributed by atoms with Gasteiger partial charge in [-0.15, -0.1) is 0 Å². The first-order valence-corrected chi connectivity index (χ1v) is 5.26. The molecule has 0 aromatic heterocycles. The van der Waals surface area contributed by atoms with Crippen LogP contribution in [0.4, 0.5) is 10.1 Å². The number of carboxylic acid groups (broad SMARTS) is 1. The largest absolute Gasteiger partial charge is 0.480 e. The van der Waals surface area contributed by atoms with Gasteiger partial charge in [0.05, 0.1) is 0 Å². The monoisotopic (exact) mass is 233 g/mol. The number of benzene rings is 2. The summed E-state index contributed by atoms with van der Waals surface area (Å²) in [6.07, 6.45) is 0. The first kappa shape index (κ1) is 11.4. The van der Waals surface area contributed by atoms with Gasteiger partial charge in [-0.1, -0.05) is 24.3 Å². The number of nitrogens with one attached hydrogen (secondary N) is 1. The third-order valence-electron chi connectivity index (χ3n) is 2.61. The predicted octanol–water partition coefficient (Wildman–Crippen LogP) is 2.86. The van der Waals surface area contributed by atoms with Gasteiger partial charge in [-0.05, 0) is 19.1 Å². The first-order chi connectivity index (χ1) is 8.09. The maximum atomic E-state index is 13.5. The molecule has 0 bridgehead atoms. The van der Waals surface area contributed by atoms with Crippen LogP contribution in [0.15, 0.2) is 36.4 Å². The lowest BCUT2D eigenvalue weighted by molar-refractivity contribution is -0.137. The number of anilines is 1. The fourth-order valence-electron chi connectivity index (χ4n) is 1.68. The van der Waals surface area contributed by atoms with Gasteiger partial charge < -0.3 is 10.4 Å². The maximum absolute atomic E-state index is 13.5. The van der Waals surface area contributed by atoms with Crippen molar-refractivity contribution in [1.29, 1.82) is 0 Å². The normalized spacial score (nSPS) is 12.4. The Bertz CT molecular complexity index is 568. The highest BCUT2D eigenvalue weighted by molar-refractivity contribution is 5.95. The molecule has 2 rings (SSSR count). The van der Waals surface area contributed by atoms with E-state index in [1.54, 1.807) is 37.3 Å². The Morgan fingerprint density at radius 2 is 1.88 bits per heavy atom. The van der Waals surface area contributed by atoms with Crippen molar-refractivity contribution in [3.63, 3.8) is 0 Å². The zero-order valence-electron chi connectivity index (χ0n) is 9.27. The molecule has 0 fully saturated rings. The Balaban J connectivity index is 2.48. The molecule has 3 nitrogen and oxygen atoms in total. The highest BCUT2D eigenvalue weighted by Gasteiger charge is 2.12. The van der Waals surface area contributed by atoms with E-state index in [0.717, 1.165) is 0 Å². The molecule has 17 heavy (non-hydrogen) atoms. The molecule has 1 atom stereocenters. The molecular weight excluding hydrogens is 221 g/mol. The minimum absolute atomic E-state index is 0.311. The van der Waals surface area contributed by atoms with Crippen molar-refractivity contribution in [3.8, 4) is 0 Å². The van der Waals surface area contributed by atoms with Crippen molar-refractivity contribution in [2.45, 2.75) is 13.0 Å². The topological polar surface area (TPSA) is 49.3 Å². The van der Waals surface area contributed by atoms with Crippen molar-refractivity contribution < 1.29 is 14.3 Å². The minimum Gasteiger partial charge on any atom is -0.480 e. The summed E-state index contributed by atoms with van der Waals surface area (Å²) in [6.45, 7) is 1.54. The molecule has 0 amide bonds. The van der Waals surface area contributed by atoms with E-state index in [2.05, 4.69) is 5.32 Å². The van der Waals surface area contributed by atoms with E-state index in [0.29, 0.717) is 16.5 Å². The van der Waals surface area contributed by atoms with Gasteiger partial charge in [0.1, 0.15) is 11.9 Å². The number of aliphatic carboxylic acids is 1. The van der Waals surface area contributed by atoms with Gasteiger partial charge in [0.25, 0.3) is 0 Å². The van der Waals surface area contributed by atoms with Crippen LogP contribution in [0.1, 0.15) is 6.92 Å². The Hall–Kier alpha value is -2.10. The van der Waals surface area contributed by atoms with E-state index in [9.17, 15) is 9.18 Å². The van der Waals surface area contributed by atoms with Crippen LogP contribution in [0.3, 0.4) is 0 Å². The van der Waals surface area contributed by atoms with Crippen LogP contribution in [0.5, 0.6) is 0 Å². The van der Waals surface area contributed by atoms with E-state index >= 15 is 0 Å². The molecule has 0 aliphatic heterocycles. The molecule has 1 unspecified atom stereocenters. The summed E-state index contributed by atoms with van der Waals surface area (Å²) in [7, 11) is 0. The van der Waals surface area contributed by atoms with E-state index in [1.165, 1.54) is 6.07 Å². The molecule has 2 N–H and O–H groups in total. The zero-order valence-corrected chi connectivity index (χ0v) is 9.27. The van der Waals surface area contributed by atoms with Crippen molar-refractivity contribution in [3.05, 3.63) is 42.2 Å². The zero-order chi connectivity index (χ0) is 12.4. The van der Waals surface area contributed by atoms with Gasteiger partial charge in [-0.25, -0.2) is 4.39 Å². The van der Waals surface area contributed by atoms with Crippen LogP contribution in [-0.4, -0.2) is 17.1 Å². The Morgan fingerprint density at radius 3 is 2.53 bits per heavy atom. The Morgan fingerprint density at radius 1 is 1.24 bits per heavy atom. The van der Waals surface area contributed by atoms with Gasteiger partial charge in [-0.3, -0.25) is 4.79 Å². The van der Waals surface area contributed by atoms with Crippen LogP contribution < -0.4 is 5.32 Å². The third kappa shape index (κ3) is 2.20. The Kier molecular flexibility index (Phi) is 2.95. The van der Waals surface area contributed by atoms with E-state index in [1.807, 2.05) is 0 Å². The summed E-state index contributed by atoms with van der Waals surface area (Å²) in [4.78, 5) is 10.8. The average molecular weight is 233 g/mol. The van der Waals surface area contributed by atoms with Gasteiger partial charge in [0.15, 0.2) is 0 Å². The summed E-state index contributed by atoms with van der Waals surface area (Å²) in [5.74, 6) is -1.26. The van der Waals surface area contributed by atoms with E-state index in [-0.39, 0.29) is 5.82 Å². The van der Waals surface area contributed by atoms with Crippen LogP contribution in [0.2, 0.25) is 0 Å². The van der Waals surface area contributed by atoms with Crippen LogP contribution in [0.25, 0.3) is 10.8 Å². The fourth-order valence-corrected chi connectivity index (χ4v) is 1.68. The molecule has 2 aromatic rings. The number of rotatable bonds is 3. The lowest BCUT2D eigenvalue weighted by Crippen LogP contribution is -2.25. The quantitative estimate of drug-likeness (QED) is 0.857. The fraction of sp³-hybridized carbons (Fsp3) is 0.154. The van der Waals surface area contributed by atoms with Gasteiger partial charge in [0.2, 0.25) is 0 Å².